The van der Waals surface area contributed by atoms with Crippen molar-refractivity contribution in [3.63, 3.8) is 0 Å². The zero-order valence-corrected chi connectivity index (χ0v) is 15.5. The number of hydrogen-bond acceptors (Lipinski definition) is 1. The molecule has 0 aromatic heterocycles. The van der Waals surface area contributed by atoms with Crippen molar-refractivity contribution in [1.82, 2.24) is 4.90 Å². The van der Waals surface area contributed by atoms with Crippen LogP contribution in [0.15, 0.2) is 54.6 Å². The molecule has 4 heteroatoms. The predicted molar refractivity (Wildman–Crippen MR) is 105 cm³/mol. The molecule has 0 saturated heterocycles. The molecule has 0 spiro atoms. The van der Waals surface area contributed by atoms with E-state index in [0.717, 1.165) is 42.8 Å². The highest BCUT2D eigenvalue weighted by Gasteiger charge is 2.17. The first kappa shape index (κ1) is 18.7. The molecule has 0 radical (unpaired) electrons. The van der Waals surface area contributed by atoms with Gasteiger partial charge in [0.25, 0.3) is 0 Å². The fraction of sp³-hybridized carbons (Fsp3) is 0.318. The second-order valence-electron chi connectivity index (χ2n) is 6.66. The van der Waals surface area contributed by atoms with Gasteiger partial charge in [-0.3, -0.25) is 4.79 Å². The Morgan fingerprint density at radius 3 is 2.42 bits per heavy atom. The van der Waals surface area contributed by atoms with E-state index < -0.39 is 0 Å². The van der Waals surface area contributed by atoms with E-state index in [2.05, 4.69) is 6.08 Å². The lowest BCUT2D eigenvalue weighted by Gasteiger charge is -2.26. The van der Waals surface area contributed by atoms with Gasteiger partial charge >= 0.3 is 0 Å². The first-order valence-electron chi connectivity index (χ1n) is 9.09. The normalized spacial score (nSPS) is 14.2. The molecule has 1 amide bonds. The Hall–Kier alpha value is -2.13. The van der Waals surface area contributed by atoms with Crippen molar-refractivity contribution in [2.45, 2.75) is 32.1 Å². The van der Waals surface area contributed by atoms with Crippen molar-refractivity contribution in [1.29, 1.82) is 0 Å². The third kappa shape index (κ3) is 5.18. The zero-order valence-electron chi connectivity index (χ0n) is 14.8. The monoisotopic (exact) mass is 371 g/mol. The van der Waals surface area contributed by atoms with Crippen LogP contribution in [0.4, 0.5) is 4.39 Å². The highest BCUT2D eigenvalue weighted by atomic mass is 35.5. The summed E-state index contributed by atoms with van der Waals surface area (Å²) in [5.41, 5.74) is 3.49. The summed E-state index contributed by atoms with van der Waals surface area (Å²) >= 11 is 5.89. The summed E-state index contributed by atoms with van der Waals surface area (Å²) in [7, 11) is 0. The van der Waals surface area contributed by atoms with Gasteiger partial charge in [-0.1, -0.05) is 41.9 Å². The zero-order chi connectivity index (χ0) is 18.4. The lowest BCUT2D eigenvalue weighted by molar-refractivity contribution is -0.130. The van der Waals surface area contributed by atoms with Crippen LogP contribution in [0.5, 0.6) is 0 Å². The van der Waals surface area contributed by atoms with Crippen LogP contribution < -0.4 is 0 Å². The molecule has 0 bridgehead atoms. The molecule has 3 rings (SSSR count). The molecule has 0 saturated carbocycles. The summed E-state index contributed by atoms with van der Waals surface area (Å²) < 4.78 is 13.0. The van der Waals surface area contributed by atoms with Crippen LogP contribution in [-0.2, 0) is 11.2 Å². The highest BCUT2D eigenvalue weighted by Crippen LogP contribution is 2.23. The molecule has 0 atom stereocenters. The van der Waals surface area contributed by atoms with E-state index in [-0.39, 0.29) is 11.7 Å². The van der Waals surface area contributed by atoms with Crippen LogP contribution in [0.1, 0.15) is 36.8 Å². The average Bonchev–Trinajstić information content (AvgIpc) is 2.67. The highest BCUT2D eigenvalue weighted by molar-refractivity contribution is 6.30. The van der Waals surface area contributed by atoms with Gasteiger partial charge in [0, 0.05) is 24.5 Å². The molecule has 26 heavy (non-hydrogen) atoms. The Bertz CT molecular complexity index is 768. The maximum absolute atomic E-state index is 13.0. The average molecular weight is 372 g/mol. The lowest BCUT2D eigenvalue weighted by atomic mass is 9.99. The van der Waals surface area contributed by atoms with Gasteiger partial charge in [0.1, 0.15) is 5.82 Å². The van der Waals surface area contributed by atoms with Crippen LogP contribution in [0.2, 0.25) is 5.02 Å². The van der Waals surface area contributed by atoms with Gasteiger partial charge in [0.2, 0.25) is 5.91 Å². The molecule has 1 aliphatic heterocycles. The van der Waals surface area contributed by atoms with E-state index in [0.29, 0.717) is 13.0 Å². The van der Waals surface area contributed by atoms with Crippen LogP contribution in [0.25, 0.3) is 5.57 Å². The summed E-state index contributed by atoms with van der Waals surface area (Å²) in [5.74, 6) is -0.00363. The fourth-order valence-electron chi connectivity index (χ4n) is 3.24. The summed E-state index contributed by atoms with van der Waals surface area (Å²) in [4.78, 5) is 14.3. The van der Waals surface area contributed by atoms with Crippen molar-refractivity contribution in [2.24, 2.45) is 0 Å². The fourth-order valence-corrected chi connectivity index (χ4v) is 3.36. The van der Waals surface area contributed by atoms with Crippen LogP contribution >= 0.6 is 11.6 Å². The van der Waals surface area contributed by atoms with Crippen LogP contribution in [0.3, 0.4) is 0 Å². The van der Waals surface area contributed by atoms with Gasteiger partial charge < -0.3 is 4.90 Å². The van der Waals surface area contributed by atoms with Crippen molar-refractivity contribution in [3.8, 4) is 0 Å². The molecule has 2 aromatic rings. The van der Waals surface area contributed by atoms with Crippen LogP contribution in [0, 0.1) is 5.82 Å². The van der Waals surface area contributed by atoms with Crippen LogP contribution in [-0.4, -0.2) is 23.9 Å². The van der Waals surface area contributed by atoms with Gasteiger partial charge in [0.15, 0.2) is 0 Å². The van der Waals surface area contributed by atoms with E-state index >= 15 is 0 Å². The predicted octanol–water partition coefficient (Wildman–Crippen LogP) is 5.51. The second kappa shape index (κ2) is 9.00. The maximum Gasteiger partial charge on any atom is 0.222 e. The summed E-state index contributed by atoms with van der Waals surface area (Å²) in [5, 5.41) is 0.752. The number of unbranched alkanes of at least 4 members (excludes halogenated alkanes) is 1. The number of benzene rings is 2. The van der Waals surface area contributed by atoms with Gasteiger partial charge in [-0.25, -0.2) is 4.39 Å². The molecular weight excluding hydrogens is 349 g/mol. The molecule has 0 aliphatic carbocycles. The molecule has 2 aromatic carbocycles. The van der Waals surface area contributed by atoms with Crippen molar-refractivity contribution >= 4 is 23.1 Å². The van der Waals surface area contributed by atoms with Crippen molar-refractivity contribution in [3.05, 3.63) is 76.6 Å². The Labute approximate surface area is 159 Å². The molecular formula is C22H23ClFNO. The second-order valence-corrected chi connectivity index (χ2v) is 7.10. The standard InChI is InChI=1S/C22H23ClFNO/c23-20-9-5-17(6-10-20)3-1-2-4-22(26)25-15-13-19(14-16-25)18-7-11-21(24)12-8-18/h5-13H,1-4,14-16H2. The smallest absolute Gasteiger partial charge is 0.222 e. The molecule has 1 aliphatic rings. The Balaban J connectivity index is 1.41. The van der Waals surface area contributed by atoms with Gasteiger partial charge in [-0.05, 0) is 66.6 Å². The van der Waals surface area contributed by atoms with E-state index in [1.807, 2.05) is 29.2 Å². The molecule has 0 N–H and O–H groups in total. The van der Waals surface area contributed by atoms with E-state index in [9.17, 15) is 9.18 Å². The third-order valence-corrected chi connectivity index (χ3v) is 5.05. The number of halogens is 2. The Kier molecular flexibility index (Phi) is 6.45. The molecule has 2 nitrogen and oxygen atoms in total. The van der Waals surface area contributed by atoms with Crippen molar-refractivity contribution in [2.75, 3.05) is 13.1 Å². The number of amides is 1. The maximum atomic E-state index is 13.0. The minimum atomic E-state index is -0.222. The summed E-state index contributed by atoms with van der Waals surface area (Å²) in [6.07, 6.45) is 6.36. The Morgan fingerprint density at radius 2 is 1.77 bits per heavy atom. The summed E-state index contributed by atoms with van der Waals surface area (Å²) in [6.45, 7) is 1.38. The number of aryl methyl sites for hydroxylation is 1. The van der Waals surface area contributed by atoms with Gasteiger partial charge in [0.05, 0.1) is 0 Å². The summed E-state index contributed by atoms with van der Waals surface area (Å²) in [6, 6.07) is 14.4. The van der Waals surface area contributed by atoms with E-state index in [1.54, 1.807) is 12.1 Å². The minimum Gasteiger partial charge on any atom is -0.339 e. The number of nitrogens with zero attached hydrogens (tertiary/aromatic N) is 1. The molecule has 0 fully saturated rings. The molecule has 0 unspecified atom stereocenters. The largest absolute Gasteiger partial charge is 0.339 e. The quantitative estimate of drug-likeness (QED) is 0.613. The van der Waals surface area contributed by atoms with Gasteiger partial charge in [-0.15, -0.1) is 0 Å². The number of hydrogen-bond donors (Lipinski definition) is 0. The van der Waals surface area contributed by atoms with Crippen molar-refractivity contribution < 1.29 is 9.18 Å². The Morgan fingerprint density at radius 1 is 1.04 bits per heavy atom. The SMILES string of the molecule is O=C(CCCCc1ccc(Cl)cc1)N1CC=C(c2ccc(F)cc2)CC1. The van der Waals surface area contributed by atoms with Gasteiger partial charge in [-0.2, -0.15) is 0 Å². The third-order valence-electron chi connectivity index (χ3n) is 4.80. The topological polar surface area (TPSA) is 20.3 Å². The number of carbonyl (C=O) groups excluding carboxylic acids is 1. The number of carbonyl (C=O) groups is 1. The molecule has 136 valence electrons. The lowest BCUT2D eigenvalue weighted by Crippen LogP contribution is -2.34. The first-order chi connectivity index (χ1) is 12.6. The van der Waals surface area contributed by atoms with E-state index in [1.165, 1.54) is 23.3 Å². The molecule has 1 heterocycles. The number of rotatable bonds is 6. The minimum absolute atomic E-state index is 0.218. The van der Waals surface area contributed by atoms with E-state index in [4.69, 9.17) is 11.6 Å². The first-order valence-corrected chi connectivity index (χ1v) is 9.47.